The van der Waals surface area contributed by atoms with E-state index in [4.69, 9.17) is 0 Å². The van der Waals surface area contributed by atoms with Crippen molar-refractivity contribution in [2.75, 3.05) is 13.1 Å². The standard InChI is InChI=1S/C27H29N5O/c1-20(27(33)28-25(21-10-4-2-5-11-21)22-12-6-3-7-13-22)31-18-15-23(16-19-31)26-30-29-24-14-8-9-17-32(24)26/h2-14,17,20,23,25H,15-16,18-19H2,1H3,(H,28,33). The normalized spacial score (nSPS) is 16.2. The number of hydrogen-bond donors (Lipinski definition) is 1. The van der Waals surface area contributed by atoms with Gasteiger partial charge in [0.1, 0.15) is 5.82 Å². The van der Waals surface area contributed by atoms with E-state index in [2.05, 4.69) is 49.1 Å². The number of fused-ring (bicyclic) bond motifs is 1. The van der Waals surface area contributed by atoms with Crippen LogP contribution in [0, 0.1) is 0 Å². The molecule has 1 unspecified atom stereocenters. The summed E-state index contributed by atoms with van der Waals surface area (Å²) in [6, 6.07) is 25.9. The molecule has 3 heterocycles. The quantitative estimate of drug-likeness (QED) is 0.489. The molecule has 2 aromatic heterocycles. The summed E-state index contributed by atoms with van der Waals surface area (Å²) in [5.41, 5.74) is 3.05. The maximum Gasteiger partial charge on any atom is 0.237 e. The molecule has 1 aliphatic heterocycles. The Morgan fingerprint density at radius 1 is 0.879 bits per heavy atom. The molecule has 6 heteroatoms. The number of likely N-dealkylation sites (tertiary alicyclic amines) is 1. The zero-order valence-corrected chi connectivity index (χ0v) is 18.8. The number of nitrogens with zero attached hydrogens (tertiary/aromatic N) is 4. The van der Waals surface area contributed by atoms with Crippen LogP contribution >= 0.6 is 0 Å². The highest BCUT2D eigenvalue weighted by atomic mass is 16.2. The van der Waals surface area contributed by atoms with E-state index in [1.807, 2.05) is 67.7 Å². The molecule has 0 spiro atoms. The van der Waals surface area contributed by atoms with E-state index in [0.717, 1.165) is 48.5 Å². The molecule has 0 bridgehead atoms. The van der Waals surface area contributed by atoms with Crippen molar-refractivity contribution in [3.8, 4) is 0 Å². The molecular formula is C27H29N5O. The first-order valence-corrected chi connectivity index (χ1v) is 11.6. The van der Waals surface area contributed by atoms with E-state index in [0.29, 0.717) is 5.92 Å². The Kier molecular flexibility index (Phi) is 6.17. The van der Waals surface area contributed by atoms with Gasteiger partial charge in [0, 0.05) is 12.1 Å². The number of benzene rings is 2. The summed E-state index contributed by atoms with van der Waals surface area (Å²) in [4.78, 5) is 15.6. The molecule has 0 aliphatic carbocycles. The van der Waals surface area contributed by atoms with Gasteiger partial charge in [0.15, 0.2) is 5.65 Å². The Labute approximate surface area is 194 Å². The Morgan fingerprint density at radius 3 is 2.12 bits per heavy atom. The summed E-state index contributed by atoms with van der Waals surface area (Å²) >= 11 is 0. The van der Waals surface area contributed by atoms with Gasteiger partial charge in [-0.2, -0.15) is 0 Å². The SMILES string of the molecule is CC(C(=O)NC(c1ccccc1)c1ccccc1)N1CCC(c2nnc3ccccn23)CC1. The molecule has 1 N–H and O–H groups in total. The third kappa shape index (κ3) is 4.52. The van der Waals surface area contributed by atoms with Crippen LogP contribution in [-0.4, -0.2) is 44.5 Å². The molecule has 1 saturated heterocycles. The first kappa shape index (κ1) is 21.3. The summed E-state index contributed by atoms with van der Waals surface area (Å²) in [6.45, 7) is 3.74. The lowest BCUT2D eigenvalue weighted by molar-refractivity contribution is -0.126. The van der Waals surface area contributed by atoms with Crippen molar-refractivity contribution >= 4 is 11.6 Å². The van der Waals surface area contributed by atoms with Crippen LogP contribution in [-0.2, 0) is 4.79 Å². The van der Waals surface area contributed by atoms with Gasteiger partial charge in [-0.1, -0.05) is 66.7 Å². The van der Waals surface area contributed by atoms with Crippen molar-refractivity contribution in [1.82, 2.24) is 24.8 Å². The van der Waals surface area contributed by atoms with Crippen LogP contribution in [0.1, 0.15) is 48.7 Å². The van der Waals surface area contributed by atoms with Crippen LogP contribution in [0.25, 0.3) is 5.65 Å². The number of piperidine rings is 1. The molecule has 2 aromatic carbocycles. The summed E-state index contributed by atoms with van der Waals surface area (Å²) in [5, 5.41) is 12.0. The third-order valence-corrected chi connectivity index (χ3v) is 6.71. The minimum atomic E-state index is -0.198. The van der Waals surface area contributed by atoms with Gasteiger partial charge in [0.25, 0.3) is 0 Å². The van der Waals surface area contributed by atoms with Gasteiger partial charge in [-0.3, -0.25) is 14.1 Å². The fourth-order valence-electron chi connectivity index (χ4n) is 4.76. The van der Waals surface area contributed by atoms with Crippen LogP contribution in [0.15, 0.2) is 85.1 Å². The first-order chi connectivity index (χ1) is 16.2. The van der Waals surface area contributed by atoms with Gasteiger partial charge >= 0.3 is 0 Å². The van der Waals surface area contributed by atoms with Gasteiger partial charge in [0.05, 0.1) is 12.1 Å². The lowest BCUT2D eigenvalue weighted by Gasteiger charge is -2.35. The highest BCUT2D eigenvalue weighted by molar-refractivity contribution is 5.82. The minimum Gasteiger partial charge on any atom is -0.344 e. The number of rotatable bonds is 6. The molecule has 168 valence electrons. The van der Waals surface area contributed by atoms with E-state index in [-0.39, 0.29) is 18.0 Å². The van der Waals surface area contributed by atoms with Crippen molar-refractivity contribution in [1.29, 1.82) is 0 Å². The second-order valence-corrected chi connectivity index (χ2v) is 8.74. The van der Waals surface area contributed by atoms with Gasteiger partial charge in [-0.05, 0) is 56.1 Å². The highest BCUT2D eigenvalue weighted by Gasteiger charge is 2.30. The number of amides is 1. The fraction of sp³-hybridized carbons (Fsp3) is 0.296. The van der Waals surface area contributed by atoms with Gasteiger partial charge in [-0.25, -0.2) is 0 Å². The van der Waals surface area contributed by atoms with Gasteiger partial charge in [0.2, 0.25) is 5.91 Å². The fourth-order valence-corrected chi connectivity index (χ4v) is 4.76. The summed E-state index contributed by atoms with van der Waals surface area (Å²) in [6.07, 6.45) is 3.96. The van der Waals surface area contributed by atoms with E-state index in [1.165, 1.54) is 0 Å². The second kappa shape index (κ2) is 9.55. The van der Waals surface area contributed by atoms with Gasteiger partial charge in [-0.15, -0.1) is 10.2 Å². The molecule has 33 heavy (non-hydrogen) atoms. The summed E-state index contributed by atoms with van der Waals surface area (Å²) < 4.78 is 2.08. The summed E-state index contributed by atoms with van der Waals surface area (Å²) in [5.74, 6) is 1.44. The molecule has 0 saturated carbocycles. The predicted molar refractivity (Wildman–Crippen MR) is 129 cm³/mol. The van der Waals surface area contributed by atoms with Crippen LogP contribution < -0.4 is 5.32 Å². The van der Waals surface area contributed by atoms with Crippen LogP contribution in [0.4, 0.5) is 0 Å². The van der Waals surface area contributed by atoms with Crippen molar-refractivity contribution in [3.05, 3.63) is 102 Å². The smallest absolute Gasteiger partial charge is 0.237 e. The maximum absolute atomic E-state index is 13.3. The Morgan fingerprint density at radius 2 is 1.48 bits per heavy atom. The van der Waals surface area contributed by atoms with Crippen LogP contribution in [0.2, 0.25) is 0 Å². The van der Waals surface area contributed by atoms with E-state index < -0.39 is 0 Å². The number of pyridine rings is 1. The average Bonchev–Trinajstić information content (AvgIpc) is 3.32. The first-order valence-electron chi connectivity index (χ1n) is 11.6. The topological polar surface area (TPSA) is 62.5 Å². The zero-order valence-electron chi connectivity index (χ0n) is 18.8. The molecule has 1 atom stereocenters. The molecule has 1 aliphatic rings. The number of nitrogens with one attached hydrogen (secondary N) is 1. The summed E-state index contributed by atoms with van der Waals surface area (Å²) in [7, 11) is 0. The lowest BCUT2D eigenvalue weighted by atomic mass is 9.94. The van der Waals surface area contributed by atoms with Crippen LogP contribution in [0.3, 0.4) is 0 Å². The number of carbonyl (C=O) groups is 1. The van der Waals surface area contributed by atoms with Crippen molar-refractivity contribution in [3.63, 3.8) is 0 Å². The second-order valence-electron chi connectivity index (χ2n) is 8.74. The zero-order chi connectivity index (χ0) is 22.6. The van der Waals surface area contributed by atoms with E-state index in [9.17, 15) is 4.79 Å². The van der Waals surface area contributed by atoms with Crippen molar-refractivity contribution < 1.29 is 4.79 Å². The van der Waals surface area contributed by atoms with E-state index in [1.54, 1.807) is 0 Å². The largest absolute Gasteiger partial charge is 0.344 e. The lowest BCUT2D eigenvalue weighted by Crippen LogP contribution is -2.49. The van der Waals surface area contributed by atoms with Crippen molar-refractivity contribution in [2.45, 2.75) is 37.8 Å². The number of carbonyl (C=O) groups excluding carboxylic acids is 1. The minimum absolute atomic E-state index is 0.0547. The molecule has 4 aromatic rings. The molecule has 6 nitrogen and oxygen atoms in total. The van der Waals surface area contributed by atoms with E-state index >= 15 is 0 Å². The molecular weight excluding hydrogens is 410 g/mol. The van der Waals surface area contributed by atoms with Crippen molar-refractivity contribution in [2.24, 2.45) is 0 Å². The maximum atomic E-state index is 13.3. The molecule has 5 rings (SSSR count). The third-order valence-electron chi connectivity index (χ3n) is 6.71. The Balaban J connectivity index is 1.26. The monoisotopic (exact) mass is 439 g/mol. The Hall–Kier alpha value is -3.51. The highest BCUT2D eigenvalue weighted by Crippen LogP contribution is 2.28. The molecule has 1 fully saturated rings. The predicted octanol–water partition coefficient (Wildman–Crippen LogP) is 4.20. The molecule has 1 amide bonds. The van der Waals surface area contributed by atoms with Crippen LogP contribution in [0.5, 0.6) is 0 Å². The van der Waals surface area contributed by atoms with Gasteiger partial charge < -0.3 is 5.32 Å². The average molecular weight is 440 g/mol. The Bertz CT molecular complexity index is 1160. The molecule has 0 radical (unpaired) electrons. The number of hydrogen-bond acceptors (Lipinski definition) is 4. The number of aromatic nitrogens is 3.